The Labute approximate surface area is 185 Å². The van der Waals surface area contributed by atoms with Gasteiger partial charge in [0.25, 0.3) is 0 Å². The fraction of sp³-hybridized carbons (Fsp3) is 0.143. The highest BCUT2D eigenvalue weighted by molar-refractivity contribution is 5.78. The van der Waals surface area contributed by atoms with E-state index in [2.05, 4.69) is 116 Å². The van der Waals surface area contributed by atoms with E-state index in [0.29, 0.717) is 0 Å². The fourth-order valence-electron chi connectivity index (χ4n) is 3.62. The van der Waals surface area contributed by atoms with Crippen molar-refractivity contribution in [2.75, 3.05) is 24.0 Å². The highest BCUT2D eigenvalue weighted by atomic mass is 16.5. The summed E-state index contributed by atoms with van der Waals surface area (Å²) in [5.74, 6) is 0.860. The van der Waals surface area contributed by atoms with Crippen LogP contribution in [0.3, 0.4) is 0 Å². The molecule has 0 aliphatic heterocycles. The minimum Gasteiger partial charge on any atom is -0.497 e. The summed E-state index contributed by atoms with van der Waals surface area (Å²) in [6, 6.07) is 34.1. The summed E-state index contributed by atoms with van der Waals surface area (Å²) in [6.45, 7) is 4.23. The Hall–Kier alpha value is -3.72. The monoisotopic (exact) mass is 408 g/mol. The minimum absolute atomic E-state index is 0.860. The van der Waals surface area contributed by atoms with Crippen molar-refractivity contribution in [2.45, 2.75) is 13.8 Å². The first-order valence-corrected chi connectivity index (χ1v) is 10.5. The highest BCUT2D eigenvalue weighted by Gasteiger charge is 2.13. The van der Waals surface area contributed by atoms with E-state index in [1.54, 1.807) is 7.11 Å². The molecule has 0 amide bonds. The lowest BCUT2D eigenvalue weighted by molar-refractivity contribution is 0.415. The molecule has 0 fully saturated rings. The van der Waals surface area contributed by atoms with Gasteiger partial charge in [0, 0.05) is 35.5 Å². The third kappa shape index (κ3) is 4.56. The first-order chi connectivity index (χ1) is 15.0. The van der Waals surface area contributed by atoms with Gasteiger partial charge in [-0.1, -0.05) is 35.4 Å². The predicted octanol–water partition coefficient (Wildman–Crippen LogP) is 7.55. The molecule has 0 radical (unpaired) electrons. The molecule has 0 saturated heterocycles. The van der Waals surface area contributed by atoms with Crippen molar-refractivity contribution in [3.05, 3.63) is 108 Å². The van der Waals surface area contributed by atoms with E-state index in [4.69, 9.17) is 4.74 Å². The Balaban J connectivity index is 1.67. The first kappa shape index (κ1) is 20.5. The molecule has 0 heterocycles. The second kappa shape index (κ2) is 8.97. The summed E-state index contributed by atoms with van der Waals surface area (Å²) >= 11 is 0. The molecule has 0 aliphatic rings. The third-order valence-corrected chi connectivity index (χ3v) is 5.54. The molecule has 0 aliphatic carbocycles. The van der Waals surface area contributed by atoms with E-state index in [0.717, 1.165) is 34.2 Å². The first-order valence-electron chi connectivity index (χ1n) is 10.5. The maximum Gasteiger partial charge on any atom is 0.119 e. The topological polar surface area (TPSA) is 15.7 Å². The van der Waals surface area contributed by atoms with Crippen molar-refractivity contribution < 1.29 is 4.74 Å². The molecular weight excluding hydrogens is 380 g/mol. The number of hydrogen-bond acceptors (Lipinski definition) is 3. The lowest BCUT2D eigenvalue weighted by atomic mass is 10.1. The van der Waals surface area contributed by atoms with Crippen LogP contribution >= 0.6 is 0 Å². The van der Waals surface area contributed by atoms with Gasteiger partial charge in [-0.15, -0.1) is 0 Å². The molecule has 0 saturated carbocycles. The molecule has 4 rings (SSSR count). The molecule has 0 unspecified atom stereocenters. The average Bonchev–Trinajstić information content (AvgIpc) is 2.82. The molecule has 0 N–H and O–H groups in total. The van der Waals surface area contributed by atoms with Gasteiger partial charge in [-0.05, 0) is 86.6 Å². The Morgan fingerprint density at radius 3 is 1.19 bits per heavy atom. The molecule has 3 nitrogen and oxygen atoms in total. The van der Waals surface area contributed by atoms with Crippen molar-refractivity contribution in [1.82, 2.24) is 0 Å². The predicted molar refractivity (Wildman–Crippen MR) is 132 cm³/mol. The van der Waals surface area contributed by atoms with Gasteiger partial charge in [0.05, 0.1) is 7.11 Å². The number of ether oxygens (including phenoxy) is 1. The van der Waals surface area contributed by atoms with Gasteiger partial charge in [-0.25, -0.2) is 0 Å². The molecular formula is C28H28N2O. The lowest BCUT2D eigenvalue weighted by Crippen LogP contribution is -2.12. The summed E-state index contributed by atoms with van der Waals surface area (Å²) < 4.78 is 5.27. The number of rotatable bonds is 6. The standard InChI is InChI=1S/C28H28N2O/c1-21-5-9-25(10-6-21)30(26-11-7-22(2)8-12-26)27-15-13-23(14-16-27)29(3)24-17-19-28(31-4)20-18-24/h5-20H,1-4H3. The van der Waals surface area contributed by atoms with Crippen molar-refractivity contribution >= 4 is 28.4 Å². The van der Waals surface area contributed by atoms with Crippen LogP contribution in [0.5, 0.6) is 5.75 Å². The van der Waals surface area contributed by atoms with E-state index >= 15 is 0 Å². The van der Waals surface area contributed by atoms with Crippen LogP contribution in [-0.4, -0.2) is 14.2 Å². The lowest BCUT2D eigenvalue weighted by Gasteiger charge is -2.27. The van der Waals surface area contributed by atoms with Gasteiger partial charge < -0.3 is 14.5 Å². The van der Waals surface area contributed by atoms with Crippen molar-refractivity contribution in [3.8, 4) is 5.75 Å². The van der Waals surface area contributed by atoms with Crippen LogP contribution in [0.2, 0.25) is 0 Å². The SMILES string of the molecule is COc1ccc(N(C)c2ccc(N(c3ccc(C)cc3)c3ccc(C)cc3)cc2)cc1. The smallest absolute Gasteiger partial charge is 0.119 e. The second-order valence-electron chi connectivity index (χ2n) is 7.78. The normalized spacial score (nSPS) is 10.6. The molecule has 4 aromatic rings. The van der Waals surface area contributed by atoms with E-state index in [9.17, 15) is 0 Å². The molecule has 0 atom stereocenters. The number of nitrogens with zero attached hydrogens (tertiary/aromatic N) is 2. The zero-order valence-electron chi connectivity index (χ0n) is 18.5. The maximum atomic E-state index is 5.27. The maximum absolute atomic E-state index is 5.27. The van der Waals surface area contributed by atoms with Gasteiger partial charge in [-0.2, -0.15) is 0 Å². The summed E-state index contributed by atoms with van der Waals surface area (Å²) in [5.41, 5.74) is 8.16. The van der Waals surface area contributed by atoms with Gasteiger partial charge in [-0.3, -0.25) is 0 Å². The zero-order valence-corrected chi connectivity index (χ0v) is 18.5. The third-order valence-electron chi connectivity index (χ3n) is 5.54. The number of benzene rings is 4. The second-order valence-corrected chi connectivity index (χ2v) is 7.78. The van der Waals surface area contributed by atoms with Crippen LogP contribution in [0.15, 0.2) is 97.1 Å². The fourth-order valence-corrected chi connectivity index (χ4v) is 3.62. The quantitative estimate of drug-likeness (QED) is 0.327. The van der Waals surface area contributed by atoms with E-state index in [1.807, 2.05) is 12.1 Å². The van der Waals surface area contributed by atoms with Gasteiger partial charge in [0.1, 0.15) is 5.75 Å². The zero-order chi connectivity index (χ0) is 21.8. The molecule has 156 valence electrons. The van der Waals surface area contributed by atoms with Crippen LogP contribution in [0.25, 0.3) is 0 Å². The molecule has 4 aromatic carbocycles. The summed E-state index contributed by atoms with van der Waals surface area (Å²) in [7, 11) is 3.76. The Kier molecular flexibility index (Phi) is 5.94. The Morgan fingerprint density at radius 2 is 0.806 bits per heavy atom. The van der Waals surface area contributed by atoms with E-state index in [-0.39, 0.29) is 0 Å². The number of hydrogen-bond donors (Lipinski definition) is 0. The molecule has 3 heteroatoms. The van der Waals surface area contributed by atoms with Gasteiger partial charge >= 0.3 is 0 Å². The highest BCUT2D eigenvalue weighted by Crippen LogP contribution is 2.36. The summed E-state index contributed by atoms with van der Waals surface area (Å²) in [6.07, 6.45) is 0. The minimum atomic E-state index is 0.860. The van der Waals surface area contributed by atoms with E-state index < -0.39 is 0 Å². The Bertz CT molecular complexity index is 1070. The summed E-state index contributed by atoms with van der Waals surface area (Å²) in [5, 5.41) is 0. The molecule has 0 bridgehead atoms. The van der Waals surface area contributed by atoms with Crippen molar-refractivity contribution in [2.24, 2.45) is 0 Å². The van der Waals surface area contributed by atoms with Gasteiger partial charge in [0.15, 0.2) is 0 Å². The molecule has 31 heavy (non-hydrogen) atoms. The number of aryl methyl sites for hydroxylation is 2. The average molecular weight is 409 g/mol. The molecule has 0 spiro atoms. The van der Waals surface area contributed by atoms with Crippen molar-refractivity contribution in [3.63, 3.8) is 0 Å². The van der Waals surface area contributed by atoms with Crippen LogP contribution in [0.4, 0.5) is 28.4 Å². The van der Waals surface area contributed by atoms with Crippen LogP contribution in [0.1, 0.15) is 11.1 Å². The van der Waals surface area contributed by atoms with Crippen LogP contribution in [-0.2, 0) is 0 Å². The van der Waals surface area contributed by atoms with Crippen molar-refractivity contribution in [1.29, 1.82) is 0 Å². The van der Waals surface area contributed by atoms with Gasteiger partial charge in [0.2, 0.25) is 0 Å². The largest absolute Gasteiger partial charge is 0.497 e. The number of methoxy groups -OCH3 is 1. The van der Waals surface area contributed by atoms with Crippen LogP contribution < -0.4 is 14.5 Å². The number of anilines is 5. The Morgan fingerprint density at radius 1 is 0.484 bits per heavy atom. The van der Waals surface area contributed by atoms with Crippen LogP contribution in [0, 0.1) is 13.8 Å². The summed E-state index contributed by atoms with van der Waals surface area (Å²) in [4.78, 5) is 4.46. The molecule has 0 aromatic heterocycles. The van der Waals surface area contributed by atoms with E-state index in [1.165, 1.54) is 11.1 Å².